The highest BCUT2D eigenvalue weighted by Crippen LogP contribution is 2.39. The van der Waals surface area contributed by atoms with Crippen LogP contribution in [0.1, 0.15) is 78.8 Å². The van der Waals surface area contributed by atoms with Gasteiger partial charge in [0.2, 0.25) is 5.91 Å². The molecule has 1 amide bonds. The Kier molecular flexibility index (Phi) is 9.88. The van der Waals surface area contributed by atoms with E-state index in [1.165, 1.54) is 6.42 Å². The first-order valence-electron chi connectivity index (χ1n) is 10.4. The Morgan fingerprint density at radius 3 is 2.36 bits per heavy atom. The molecule has 5 atom stereocenters. The Bertz CT molecular complexity index is 612. The Morgan fingerprint density at radius 2 is 1.79 bits per heavy atom. The van der Waals surface area contributed by atoms with E-state index < -0.39 is 6.04 Å². The third-order valence-electron chi connectivity index (χ3n) is 6.05. The van der Waals surface area contributed by atoms with Crippen LogP contribution < -0.4 is 11.1 Å². The van der Waals surface area contributed by atoms with E-state index in [4.69, 9.17) is 5.73 Å². The van der Waals surface area contributed by atoms with Crippen molar-refractivity contribution in [1.82, 2.24) is 5.32 Å². The maximum Gasteiger partial charge on any atom is 0.237 e. The SMILES string of the molecule is C.CC(C)[C@@H]1CC[C@@H](C)C[C@H]1C(=O)CCC(NC(=O)[C@H](C)N)c1ccccc1. The predicted molar refractivity (Wildman–Crippen MR) is 117 cm³/mol. The van der Waals surface area contributed by atoms with Crippen molar-refractivity contribution in [1.29, 1.82) is 0 Å². The fourth-order valence-electron chi connectivity index (χ4n) is 4.36. The van der Waals surface area contributed by atoms with Gasteiger partial charge in [-0.05, 0) is 49.5 Å². The number of rotatable bonds is 8. The zero-order valence-corrected chi connectivity index (χ0v) is 17.3. The molecule has 3 N–H and O–H groups in total. The van der Waals surface area contributed by atoms with E-state index in [0.717, 1.165) is 18.4 Å². The van der Waals surface area contributed by atoms with Crippen molar-refractivity contribution in [3.8, 4) is 0 Å². The second-order valence-corrected chi connectivity index (χ2v) is 8.70. The molecular weight excluding hydrogens is 348 g/mol. The number of benzene rings is 1. The minimum absolute atomic E-state index is 0. The Hall–Kier alpha value is -1.68. The smallest absolute Gasteiger partial charge is 0.237 e. The summed E-state index contributed by atoms with van der Waals surface area (Å²) >= 11 is 0. The molecule has 0 saturated heterocycles. The molecule has 0 spiro atoms. The van der Waals surface area contributed by atoms with E-state index in [1.807, 2.05) is 30.3 Å². The molecule has 1 aromatic carbocycles. The van der Waals surface area contributed by atoms with Gasteiger partial charge in [0.1, 0.15) is 5.78 Å². The highest BCUT2D eigenvalue weighted by atomic mass is 16.2. The lowest BCUT2D eigenvalue weighted by molar-refractivity contribution is -0.128. The molecule has 0 heterocycles. The van der Waals surface area contributed by atoms with Crippen molar-refractivity contribution in [3.05, 3.63) is 35.9 Å². The van der Waals surface area contributed by atoms with Crippen molar-refractivity contribution in [2.24, 2.45) is 29.4 Å². The molecular formula is C24H40N2O2. The summed E-state index contributed by atoms with van der Waals surface area (Å²) in [6, 6.07) is 9.13. The minimum Gasteiger partial charge on any atom is -0.348 e. The van der Waals surface area contributed by atoms with Gasteiger partial charge in [-0.1, -0.05) is 65.0 Å². The van der Waals surface area contributed by atoms with Gasteiger partial charge in [-0.2, -0.15) is 0 Å². The van der Waals surface area contributed by atoms with Crippen LogP contribution in [0.4, 0.5) is 0 Å². The van der Waals surface area contributed by atoms with Crippen LogP contribution in [-0.2, 0) is 9.59 Å². The van der Waals surface area contributed by atoms with Crippen LogP contribution in [-0.4, -0.2) is 17.7 Å². The number of Topliss-reactive ketones (excluding diaryl/α,β-unsaturated/α-hetero) is 1. The lowest BCUT2D eigenvalue weighted by Crippen LogP contribution is -2.40. The normalized spacial score (nSPS) is 24.1. The summed E-state index contributed by atoms with van der Waals surface area (Å²) in [5.74, 6) is 1.99. The molecule has 158 valence electrons. The fourth-order valence-corrected chi connectivity index (χ4v) is 4.36. The first-order valence-corrected chi connectivity index (χ1v) is 10.4. The Morgan fingerprint density at radius 1 is 1.14 bits per heavy atom. The van der Waals surface area contributed by atoms with E-state index in [2.05, 4.69) is 26.1 Å². The quantitative estimate of drug-likeness (QED) is 0.666. The van der Waals surface area contributed by atoms with Gasteiger partial charge in [0.25, 0.3) is 0 Å². The zero-order chi connectivity index (χ0) is 20.0. The molecule has 2 rings (SSSR count). The lowest BCUT2D eigenvalue weighted by Gasteiger charge is -2.36. The van der Waals surface area contributed by atoms with Crippen molar-refractivity contribution >= 4 is 11.7 Å². The van der Waals surface area contributed by atoms with Crippen LogP contribution >= 0.6 is 0 Å². The predicted octanol–water partition coefficient (Wildman–Crippen LogP) is 4.88. The summed E-state index contributed by atoms with van der Waals surface area (Å²) in [6.07, 6.45) is 4.50. The maximum absolute atomic E-state index is 13.1. The van der Waals surface area contributed by atoms with Crippen molar-refractivity contribution in [2.45, 2.75) is 79.3 Å². The maximum atomic E-state index is 13.1. The minimum atomic E-state index is -0.559. The van der Waals surface area contributed by atoms with E-state index in [0.29, 0.717) is 36.4 Å². The number of ketones is 1. The summed E-state index contributed by atoms with van der Waals surface area (Å²) in [7, 11) is 0. The highest BCUT2D eigenvalue weighted by molar-refractivity contribution is 5.82. The first kappa shape index (κ1) is 24.4. The molecule has 0 aromatic heterocycles. The average Bonchev–Trinajstić information content (AvgIpc) is 2.64. The third kappa shape index (κ3) is 6.73. The second kappa shape index (κ2) is 11.4. The van der Waals surface area contributed by atoms with Crippen LogP contribution in [0.2, 0.25) is 0 Å². The first-order chi connectivity index (χ1) is 12.8. The van der Waals surface area contributed by atoms with Crippen LogP contribution in [0.3, 0.4) is 0 Å². The van der Waals surface area contributed by atoms with Gasteiger partial charge in [0.15, 0.2) is 0 Å². The monoisotopic (exact) mass is 388 g/mol. The molecule has 1 aliphatic rings. The number of carbonyl (C=O) groups excluding carboxylic acids is 2. The molecule has 1 aliphatic carbocycles. The number of hydrogen-bond donors (Lipinski definition) is 2. The number of amides is 1. The number of carbonyl (C=O) groups is 2. The van der Waals surface area contributed by atoms with Gasteiger partial charge in [-0.3, -0.25) is 9.59 Å². The van der Waals surface area contributed by atoms with Crippen LogP contribution in [0, 0.1) is 23.7 Å². The van der Waals surface area contributed by atoms with Crippen molar-refractivity contribution in [2.75, 3.05) is 0 Å². The Labute approximate surface area is 171 Å². The van der Waals surface area contributed by atoms with Gasteiger partial charge < -0.3 is 11.1 Å². The molecule has 4 nitrogen and oxygen atoms in total. The van der Waals surface area contributed by atoms with Gasteiger partial charge in [0, 0.05) is 12.3 Å². The zero-order valence-electron chi connectivity index (χ0n) is 17.3. The molecule has 28 heavy (non-hydrogen) atoms. The van der Waals surface area contributed by atoms with E-state index in [-0.39, 0.29) is 25.3 Å². The summed E-state index contributed by atoms with van der Waals surface area (Å²) < 4.78 is 0. The summed E-state index contributed by atoms with van der Waals surface area (Å²) in [5.41, 5.74) is 6.75. The van der Waals surface area contributed by atoms with Crippen molar-refractivity contribution < 1.29 is 9.59 Å². The van der Waals surface area contributed by atoms with Gasteiger partial charge in [-0.15, -0.1) is 0 Å². The van der Waals surface area contributed by atoms with Crippen LogP contribution in [0.25, 0.3) is 0 Å². The van der Waals surface area contributed by atoms with Gasteiger partial charge >= 0.3 is 0 Å². The fraction of sp³-hybridized carbons (Fsp3) is 0.667. The van der Waals surface area contributed by atoms with Crippen LogP contribution in [0.5, 0.6) is 0 Å². The average molecular weight is 389 g/mol. The molecule has 1 unspecified atom stereocenters. The van der Waals surface area contributed by atoms with Crippen molar-refractivity contribution in [3.63, 3.8) is 0 Å². The van der Waals surface area contributed by atoms with E-state index in [1.54, 1.807) is 6.92 Å². The molecule has 0 radical (unpaired) electrons. The lowest BCUT2D eigenvalue weighted by atomic mass is 9.68. The molecule has 1 fully saturated rings. The molecule has 4 heteroatoms. The molecule has 0 aliphatic heterocycles. The molecule has 0 bridgehead atoms. The van der Waals surface area contributed by atoms with E-state index in [9.17, 15) is 9.59 Å². The Balaban J connectivity index is 0.00000392. The summed E-state index contributed by atoms with van der Waals surface area (Å²) in [5, 5.41) is 3.02. The summed E-state index contributed by atoms with van der Waals surface area (Å²) in [6.45, 7) is 8.40. The number of nitrogens with two attached hydrogens (primary N) is 1. The topological polar surface area (TPSA) is 72.2 Å². The van der Waals surface area contributed by atoms with E-state index >= 15 is 0 Å². The number of nitrogens with one attached hydrogen (secondary N) is 1. The second-order valence-electron chi connectivity index (χ2n) is 8.70. The highest BCUT2D eigenvalue weighted by Gasteiger charge is 2.35. The largest absolute Gasteiger partial charge is 0.348 e. The summed E-state index contributed by atoms with van der Waals surface area (Å²) in [4.78, 5) is 25.2. The molecule has 1 aromatic rings. The molecule has 1 saturated carbocycles. The number of hydrogen-bond acceptors (Lipinski definition) is 3. The van der Waals surface area contributed by atoms with Gasteiger partial charge in [0.05, 0.1) is 12.1 Å². The van der Waals surface area contributed by atoms with Gasteiger partial charge in [-0.25, -0.2) is 0 Å². The standard InChI is InChI=1S/C23H36N2O2.CH4/c1-15(2)19-11-10-16(3)14-20(19)22(26)13-12-21(25-23(27)17(4)24)18-8-6-5-7-9-18;/h5-9,15-17,19-21H,10-14,24H2,1-4H3,(H,25,27);1H4/t16-,17+,19+,20-,21?;/m1./s1. The van der Waals surface area contributed by atoms with Crippen LogP contribution in [0.15, 0.2) is 30.3 Å². The third-order valence-corrected chi connectivity index (χ3v) is 6.05.